The first kappa shape index (κ1) is 14.6. The van der Waals surface area contributed by atoms with Gasteiger partial charge in [-0.25, -0.2) is 9.63 Å². The van der Waals surface area contributed by atoms with E-state index in [4.69, 9.17) is 0 Å². The van der Waals surface area contributed by atoms with Crippen molar-refractivity contribution >= 4 is 23.2 Å². The molecule has 0 spiro atoms. The summed E-state index contributed by atoms with van der Waals surface area (Å²) in [5.41, 5.74) is 2.01. The minimum atomic E-state index is -0.0755. The predicted octanol–water partition coefficient (Wildman–Crippen LogP) is 2.17. The summed E-state index contributed by atoms with van der Waals surface area (Å²) >= 11 is 0. The summed E-state index contributed by atoms with van der Waals surface area (Å²) < 4.78 is 0.953. The van der Waals surface area contributed by atoms with E-state index in [1.807, 2.05) is 43.4 Å². The minimum Gasteiger partial charge on any atom is -0.740 e. The van der Waals surface area contributed by atoms with Crippen LogP contribution in [0.5, 0.6) is 0 Å². The summed E-state index contributed by atoms with van der Waals surface area (Å²) in [4.78, 5) is 18.5. The molecule has 2 unspecified atom stereocenters. The Morgan fingerprint density at radius 1 is 1.16 bits per heavy atom. The van der Waals surface area contributed by atoms with Gasteiger partial charge in [-0.1, -0.05) is 30.3 Å². The van der Waals surface area contributed by atoms with Crippen LogP contribution in [0.15, 0.2) is 42.5 Å². The van der Waals surface area contributed by atoms with Crippen molar-refractivity contribution in [2.45, 2.75) is 38.0 Å². The standard InChI is InChI=1S/C19H20N4O2/c1-12-18-20(2)15-8-10-16(23(25)19(15)21(12)18)22-14(9-11-17(22)24)13-6-4-3-5-7-13/h3-8,10,12,14,18H,9,11H2,1-2H3/t12-,14?,18?,21?/m1/s1. The normalized spacial score (nSPS) is 26.9. The van der Waals surface area contributed by atoms with Crippen LogP contribution in [-0.4, -0.2) is 25.2 Å². The number of hydrogen-bond donors (Lipinski definition) is 0. The summed E-state index contributed by atoms with van der Waals surface area (Å²) in [5, 5.41) is 13.2. The second kappa shape index (κ2) is 4.88. The van der Waals surface area contributed by atoms with Crippen LogP contribution < -0.4 is 19.4 Å². The maximum absolute atomic E-state index is 13.2. The maximum atomic E-state index is 13.2. The summed E-state index contributed by atoms with van der Waals surface area (Å²) in [5.74, 6) is 1.12. The highest BCUT2D eigenvalue weighted by atomic mass is 16.5. The molecule has 0 bridgehead atoms. The average molecular weight is 336 g/mol. The summed E-state index contributed by atoms with van der Waals surface area (Å²) in [7, 11) is 2.01. The number of carbonyl (C=O) groups excluding carboxylic acids is 1. The Balaban J connectivity index is 1.60. The van der Waals surface area contributed by atoms with Gasteiger partial charge >= 0.3 is 0 Å². The molecule has 6 heteroatoms. The van der Waals surface area contributed by atoms with Gasteiger partial charge in [0.25, 0.3) is 11.7 Å². The van der Waals surface area contributed by atoms with Gasteiger partial charge < -0.3 is 10.1 Å². The van der Waals surface area contributed by atoms with Crippen LogP contribution in [0.3, 0.4) is 0 Å². The Labute approximate surface area is 146 Å². The Bertz CT molecular complexity index is 869. The fourth-order valence-electron chi connectivity index (χ4n) is 4.46. The molecule has 1 aromatic carbocycles. The molecule has 1 amide bonds. The number of benzene rings is 1. The van der Waals surface area contributed by atoms with Crippen LogP contribution in [0.1, 0.15) is 31.4 Å². The van der Waals surface area contributed by atoms with Gasteiger partial charge in [0, 0.05) is 19.5 Å². The first-order chi connectivity index (χ1) is 12.1. The highest BCUT2D eigenvalue weighted by Gasteiger charge is 2.60. The molecule has 5 rings (SSSR count). The van der Waals surface area contributed by atoms with Gasteiger partial charge in [-0.2, -0.15) is 0 Å². The van der Waals surface area contributed by atoms with Gasteiger partial charge in [0.1, 0.15) is 17.8 Å². The lowest BCUT2D eigenvalue weighted by Gasteiger charge is -2.26. The van der Waals surface area contributed by atoms with Crippen LogP contribution in [0.4, 0.5) is 17.3 Å². The molecule has 2 saturated heterocycles. The van der Waals surface area contributed by atoms with E-state index in [-0.39, 0.29) is 18.1 Å². The molecule has 2 fully saturated rings. The molecule has 0 radical (unpaired) electrons. The van der Waals surface area contributed by atoms with Crippen molar-refractivity contribution in [2.75, 3.05) is 21.7 Å². The molecule has 3 aliphatic heterocycles. The molecule has 6 nitrogen and oxygen atoms in total. The Kier molecular flexibility index (Phi) is 2.84. The van der Waals surface area contributed by atoms with E-state index in [0.29, 0.717) is 24.1 Å². The number of aromatic nitrogens is 1. The largest absolute Gasteiger partial charge is 0.740 e. The SMILES string of the molecule is C[C@@H]1C2N(C)c3ccc(N4C(=O)CCC4c4ccccc4)[n+]([O-])c3N21. The van der Waals surface area contributed by atoms with E-state index >= 15 is 0 Å². The van der Waals surface area contributed by atoms with Crippen LogP contribution in [0, 0.1) is 5.21 Å². The first-order valence-electron chi connectivity index (χ1n) is 8.74. The van der Waals surface area contributed by atoms with Gasteiger partial charge in [-0.3, -0.25) is 9.69 Å². The van der Waals surface area contributed by atoms with Gasteiger partial charge in [-0.15, -0.1) is 0 Å². The Morgan fingerprint density at radius 2 is 1.92 bits per heavy atom. The monoisotopic (exact) mass is 336 g/mol. The Morgan fingerprint density at radius 3 is 2.68 bits per heavy atom. The third-order valence-corrected chi connectivity index (χ3v) is 5.75. The third-order valence-electron chi connectivity index (χ3n) is 5.75. The number of rotatable bonds is 2. The van der Waals surface area contributed by atoms with E-state index < -0.39 is 0 Å². The maximum Gasteiger partial charge on any atom is 0.283 e. The van der Waals surface area contributed by atoms with Crippen LogP contribution in [0.25, 0.3) is 0 Å². The van der Waals surface area contributed by atoms with Gasteiger partial charge in [-0.05, 0) is 25.0 Å². The van der Waals surface area contributed by atoms with Crippen molar-refractivity contribution in [3.8, 4) is 0 Å². The Hall–Kier alpha value is -2.76. The number of likely N-dealkylation sites (N-methyl/N-ethyl adjacent to an activating group) is 1. The van der Waals surface area contributed by atoms with Crippen molar-refractivity contribution in [2.24, 2.45) is 0 Å². The molecule has 0 saturated carbocycles. The highest BCUT2D eigenvalue weighted by Crippen LogP contribution is 2.49. The summed E-state index contributed by atoms with van der Waals surface area (Å²) in [6.45, 7) is 2.12. The molecule has 2 aromatic rings. The van der Waals surface area contributed by atoms with Crippen molar-refractivity contribution in [1.82, 2.24) is 0 Å². The van der Waals surface area contributed by atoms with Crippen LogP contribution in [-0.2, 0) is 4.79 Å². The number of fused-ring (bicyclic) bond motifs is 3. The minimum absolute atomic E-state index is 0.0140. The lowest BCUT2D eigenvalue weighted by atomic mass is 10.0. The molecule has 0 N–H and O–H groups in total. The second-order valence-electron chi connectivity index (χ2n) is 7.10. The van der Waals surface area contributed by atoms with E-state index in [2.05, 4.69) is 16.7 Å². The lowest BCUT2D eigenvalue weighted by molar-refractivity contribution is -0.577. The van der Waals surface area contributed by atoms with E-state index in [0.717, 1.165) is 22.4 Å². The smallest absolute Gasteiger partial charge is 0.283 e. The zero-order valence-electron chi connectivity index (χ0n) is 14.3. The molecule has 3 atom stereocenters. The number of pyridine rings is 1. The van der Waals surface area contributed by atoms with Crippen molar-refractivity contribution < 1.29 is 9.52 Å². The van der Waals surface area contributed by atoms with E-state index in [1.54, 1.807) is 11.0 Å². The molecule has 3 aliphatic rings. The molecule has 4 heterocycles. The molecule has 0 aliphatic carbocycles. The van der Waals surface area contributed by atoms with Crippen LogP contribution in [0.2, 0.25) is 0 Å². The zero-order valence-corrected chi connectivity index (χ0v) is 14.3. The third kappa shape index (κ3) is 1.85. The number of hydrogen-bond acceptors (Lipinski definition) is 4. The van der Waals surface area contributed by atoms with Crippen molar-refractivity contribution in [3.63, 3.8) is 0 Å². The number of anilines is 3. The van der Waals surface area contributed by atoms with E-state index in [9.17, 15) is 10.0 Å². The fraction of sp³-hybridized carbons (Fsp3) is 0.368. The lowest BCUT2D eigenvalue weighted by Crippen LogP contribution is -2.42. The number of nitrogens with zero attached hydrogens (tertiary/aromatic N) is 4. The van der Waals surface area contributed by atoms with E-state index in [1.165, 1.54) is 0 Å². The molecular formula is C19H20N4O2. The predicted molar refractivity (Wildman–Crippen MR) is 95.4 cm³/mol. The highest BCUT2D eigenvalue weighted by molar-refractivity contribution is 5.95. The van der Waals surface area contributed by atoms with Gasteiger partial charge in [0.15, 0.2) is 6.17 Å². The average Bonchev–Trinajstić information content (AvgIpc) is 2.96. The summed E-state index contributed by atoms with van der Waals surface area (Å²) in [6.07, 6.45) is 1.48. The van der Waals surface area contributed by atoms with Crippen LogP contribution >= 0.6 is 0 Å². The van der Waals surface area contributed by atoms with Gasteiger partial charge in [0.2, 0.25) is 5.82 Å². The molecule has 25 heavy (non-hydrogen) atoms. The first-order valence-corrected chi connectivity index (χ1v) is 8.74. The van der Waals surface area contributed by atoms with Crippen molar-refractivity contribution in [3.05, 3.63) is 53.2 Å². The molecule has 128 valence electrons. The zero-order chi connectivity index (χ0) is 17.3. The fourth-order valence-corrected chi connectivity index (χ4v) is 4.46. The van der Waals surface area contributed by atoms with Crippen molar-refractivity contribution in [1.29, 1.82) is 0 Å². The topological polar surface area (TPSA) is 53.5 Å². The summed E-state index contributed by atoms with van der Waals surface area (Å²) in [6, 6.07) is 14.0. The van der Waals surface area contributed by atoms with Gasteiger partial charge in [0.05, 0.1) is 0 Å². The number of carbonyl (C=O) groups is 1. The second-order valence-corrected chi connectivity index (χ2v) is 7.10. The quantitative estimate of drug-likeness (QED) is 0.479. The molecular weight excluding hydrogens is 316 g/mol. The molecule has 1 aromatic heterocycles. The number of amides is 1.